The second-order valence-electron chi connectivity index (χ2n) is 12.0. The monoisotopic (exact) mass is 593 g/mol. The van der Waals surface area contributed by atoms with E-state index in [0.717, 1.165) is 11.8 Å². The molecule has 0 unspecified atom stereocenters. The number of carboxylic acid groups (broad SMARTS) is 1. The summed E-state index contributed by atoms with van der Waals surface area (Å²) in [5.41, 5.74) is -1.43. The summed E-state index contributed by atoms with van der Waals surface area (Å²) >= 11 is 0. The predicted molar refractivity (Wildman–Crippen MR) is 150 cm³/mol. The van der Waals surface area contributed by atoms with Gasteiger partial charge in [0.1, 0.15) is 24.0 Å². The molecule has 3 N–H and O–H groups in total. The number of carboxylic acids is 1. The van der Waals surface area contributed by atoms with E-state index >= 15 is 0 Å². The smallest absolute Gasteiger partial charge is 0.340 e. The molecule has 1 heterocycles. The number of carbonyl (C=O) groups is 5. The van der Waals surface area contributed by atoms with Crippen molar-refractivity contribution in [2.45, 2.75) is 64.7 Å². The lowest BCUT2D eigenvalue weighted by atomic mass is 9.53. The first-order chi connectivity index (χ1) is 20.3. The Kier molecular flexibility index (Phi) is 7.81. The summed E-state index contributed by atoms with van der Waals surface area (Å²) in [6.07, 6.45) is -0.0997. The van der Waals surface area contributed by atoms with Gasteiger partial charge in [-0.2, -0.15) is 0 Å². The summed E-state index contributed by atoms with van der Waals surface area (Å²) in [6, 6.07) is 7.75. The van der Waals surface area contributed by atoms with Gasteiger partial charge in [0, 0.05) is 62.0 Å². The van der Waals surface area contributed by atoms with Crippen molar-refractivity contribution in [3.05, 3.63) is 70.1 Å². The van der Waals surface area contributed by atoms with Gasteiger partial charge in [-0.05, 0) is 24.5 Å². The molecular formula is C32H35NO10. The molecule has 0 spiro atoms. The second-order valence-corrected chi connectivity index (χ2v) is 12.0. The zero-order valence-electron chi connectivity index (χ0n) is 24.5. The molecule has 1 aromatic rings. The molecule has 43 heavy (non-hydrogen) atoms. The standard InChI is InChI=1S/C32H35NO10/c1-16(34)42-21-13-31(2)19(10-11-22(31)35)24-26(21)32(3)23(15-41-4)43-30(40)18(25(32)28(37)27(24)36)14-33-20(29(38)39)12-17-8-6-5-7-9-17/h5-9,14,19-21,23,33,37H,10-13,15H2,1-4H3,(H,38,39)/b18-14-/t19-,20+,21+,23+,31-,32-/m0/s1. The van der Waals surface area contributed by atoms with Crippen LogP contribution in [0, 0.1) is 16.7 Å². The molecule has 1 saturated heterocycles. The number of ether oxygens (including phenoxy) is 3. The Morgan fingerprint density at radius 3 is 2.51 bits per heavy atom. The highest BCUT2D eigenvalue weighted by Crippen LogP contribution is 2.62. The Morgan fingerprint density at radius 1 is 1.19 bits per heavy atom. The number of nitrogens with one attached hydrogen (secondary N) is 1. The zero-order valence-corrected chi connectivity index (χ0v) is 24.5. The predicted octanol–water partition coefficient (Wildman–Crippen LogP) is 2.75. The molecule has 1 aromatic carbocycles. The van der Waals surface area contributed by atoms with Crippen molar-refractivity contribution < 1.29 is 48.4 Å². The van der Waals surface area contributed by atoms with Crippen LogP contribution < -0.4 is 5.32 Å². The van der Waals surface area contributed by atoms with Crippen LogP contribution in [-0.4, -0.2) is 71.7 Å². The maximum atomic E-state index is 14.0. The number of rotatable bonds is 8. The topological polar surface area (TPSA) is 166 Å². The Morgan fingerprint density at radius 2 is 1.88 bits per heavy atom. The Hall–Kier alpha value is -4.25. The normalized spacial score (nSPS) is 31.7. The number of carbonyl (C=O) groups excluding carboxylic acids is 4. The number of aliphatic hydroxyl groups is 1. The molecule has 3 aliphatic carbocycles. The third-order valence-electron chi connectivity index (χ3n) is 9.43. The fourth-order valence-corrected chi connectivity index (χ4v) is 7.35. The van der Waals surface area contributed by atoms with E-state index in [1.807, 2.05) is 0 Å². The average molecular weight is 594 g/mol. The molecule has 2 fully saturated rings. The fourth-order valence-electron chi connectivity index (χ4n) is 7.35. The quantitative estimate of drug-likeness (QED) is 0.300. The van der Waals surface area contributed by atoms with E-state index < -0.39 is 64.4 Å². The maximum absolute atomic E-state index is 14.0. The first-order valence-electron chi connectivity index (χ1n) is 14.2. The minimum Gasteiger partial charge on any atom is -0.504 e. The number of aliphatic hydroxyl groups excluding tert-OH is 1. The van der Waals surface area contributed by atoms with E-state index in [4.69, 9.17) is 14.2 Å². The van der Waals surface area contributed by atoms with Crippen molar-refractivity contribution in [1.29, 1.82) is 0 Å². The average Bonchev–Trinajstić information content (AvgIpc) is 3.24. The van der Waals surface area contributed by atoms with Gasteiger partial charge in [-0.25, -0.2) is 9.59 Å². The van der Waals surface area contributed by atoms with E-state index in [0.29, 0.717) is 12.0 Å². The van der Waals surface area contributed by atoms with Gasteiger partial charge < -0.3 is 29.7 Å². The summed E-state index contributed by atoms with van der Waals surface area (Å²) < 4.78 is 17.0. The largest absolute Gasteiger partial charge is 0.504 e. The lowest BCUT2D eigenvalue weighted by Crippen LogP contribution is -2.57. The number of hydrogen-bond acceptors (Lipinski definition) is 10. The zero-order chi connectivity index (χ0) is 31.3. The lowest BCUT2D eigenvalue weighted by Gasteiger charge is -2.53. The minimum atomic E-state index is -1.42. The molecular weight excluding hydrogens is 558 g/mol. The molecule has 0 bridgehead atoms. The number of methoxy groups -OCH3 is 1. The second kappa shape index (κ2) is 11.1. The number of cyclic esters (lactones) is 1. The van der Waals surface area contributed by atoms with Crippen LogP contribution in [0.5, 0.6) is 0 Å². The van der Waals surface area contributed by atoms with Gasteiger partial charge in [-0.1, -0.05) is 37.3 Å². The molecule has 0 amide bonds. The summed E-state index contributed by atoms with van der Waals surface area (Å²) in [4.78, 5) is 65.0. The number of benzene rings is 1. The number of hydrogen-bond donors (Lipinski definition) is 3. The van der Waals surface area contributed by atoms with Crippen LogP contribution in [-0.2, 0) is 44.6 Å². The highest BCUT2D eigenvalue weighted by Gasteiger charge is 2.64. The Labute approximate surface area is 248 Å². The number of Topliss-reactive ketones (excluding diaryl/α,β-unsaturated/α-hetero) is 2. The molecule has 11 nitrogen and oxygen atoms in total. The van der Waals surface area contributed by atoms with Crippen LogP contribution in [0.2, 0.25) is 0 Å². The van der Waals surface area contributed by atoms with Gasteiger partial charge in [0.15, 0.2) is 5.76 Å². The molecule has 0 aromatic heterocycles. The van der Waals surface area contributed by atoms with E-state index in [1.54, 1.807) is 44.2 Å². The molecule has 6 atom stereocenters. The van der Waals surface area contributed by atoms with Gasteiger partial charge in [0.25, 0.3) is 0 Å². The van der Waals surface area contributed by atoms with Crippen LogP contribution in [0.4, 0.5) is 0 Å². The SMILES string of the molecule is COC[C@H]1OC(=O)/C(=C\N[C@H](Cc2ccccc2)C(=O)O)C2=C(O)C(=O)C3=C([C@H](OC(C)=O)C[C@]4(C)C(=O)CC[C@@H]34)[C@]21C. The van der Waals surface area contributed by atoms with Crippen molar-refractivity contribution in [2.24, 2.45) is 16.7 Å². The third kappa shape index (κ3) is 4.85. The summed E-state index contributed by atoms with van der Waals surface area (Å²) in [7, 11) is 1.41. The van der Waals surface area contributed by atoms with Crippen molar-refractivity contribution in [3.63, 3.8) is 0 Å². The summed E-state index contributed by atoms with van der Waals surface area (Å²) in [5.74, 6) is -4.76. The number of ketones is 2. The number of aliphatic carboxylic acids is 1. The fraction of sp³-hybridized carbons (Fsp3) is 0.469. The lowest BCUT2D eigenvalue weighted by molar-refractivity contribution is -0.160. The van der Waals surface area contributed by atoms with Gasteiger partial charge in [-0.15, -0.1) is 0 Å². The van der Waals surface area contributed by atoms with Crippen molar-refractivity contribution in [2.75, 3.05) is 13.7 Å². The van der Waals surface area contributed by atoms with E-state index in [2.05, 4.69) is 5.32 Å². The number of allylic oxidation sites excluding steroid dienone is 1. The van der Waals surface area contributed by atoms with Crippen molar-refractivity contribution in [1.82, 2.24) is 5.32 Å². The van der Waals surface area contributed by atoms with E-state index in [1.165, 1.54) is 14.0 Å². The molecule has 0 radical (unpaired) electrons. The van der Waals surface area contributed by atoms with Gasteiger partial charge >= 0.3 is 17.9 Å². The van der Waals surface area contributed by atoms with Crippen molar-refractivity contribution in [3.8, 4) is 0 Å². The van der Waals surface area contributed by atoms with Crippen LogP contribution >= 0.6 is 0 Å². The van der Waals surface area contributed by atoms with Gasteiger partial charge in [0.2, 0.25) is 5.78 Å². The highest BCUT2D eigenvalue weighted by atomic mass is 16.6. The Bertz CT molecular complexity index is 1490. The summed E-state index contributed by atoms with van der Waals surface area (Å²) in [6.45, 7) is 4.54. The number of fused-ring (bicyclic) bond motifs is 4. The molecule has 11 heteroatoms. The van der Waals surface area contributed by atoms with E-state index in [-0.39, 0.29) is 48.4 Å². The minimum absolute atomic E-state index is 0.0557. The van der Waals surface area contributed by atoms with Crippen molar-refractivity contribution >= 4 is 29.5 Å². The van der Waals surface area contributed by atoms with Gasteiger partial charge in [0.05, 0.1) is 17.6 Å². The first kappa shape index (κ1) is 30.2. The first-order valence-corrected chi connectivity index (χ1v) is 14.2. The molecule has 228 valence electrons. The number of esters is 2. The van der Waals surface area contributed by atoms with Crippen LogP contribution in [0.15, 0.2) is 64.6 Å². The van der Waals surface area contributed by atoms with Gasteiger partial charge in [-0.3, -0.25) is 14.4 Å². The molecule has 1 aliphatic heterocycles. The van der Waals surface area contributed by atoms with Crippen LogP contribution in [0.1, 0.15) is 45.6 Å². The molecule has 4 aliphatic rings. The van der Waals surface area contributed by atoms with Crippen LogP contribution in [0.25, 0.3) is 0 Å². The highest BCUT2D eigenvalue weighted by molar-refractivity contribution is 6.14. The summed E-state index contributed by atoms with van der Waals surface area (Å²) in [5, 5.41) is 24.2. The van der Waals surface area contributed by atoms with Crippen LogP contribution in [0.3, 0.4) is 0 Å². The molecule has 1 saturated carbocycles. The third-order valence-corrected chi connectivity index (χ3v) is 9.43. The van der Waals surface area contributed by atoms with E-state index in [9.17, 15) is 34.2 Å². The molecule has 5 rings (SSSR count). The maximum Gasteiger partial charge on any atom is 0.340 e. The Balaban J connectivity index is 1.66.